The van der Waals surface area contributed by atoms with Crippen molar-refractivity contribution in [2.45, 2.75) is 33.3 Å². The number of carbonyl (C=O) groups is 1. The maximum atomic E-state index is 13.4. The molecule has 0 saturated heterocycles. The second-order valence-electron chi connectivity index (χ2n) is 10.6. The van der Waals surface area contributed by atoms with Gasteiger partial charge in [-0.3, -0.25) is 19.1 Å². The van der Waals surface area contributed by atoms with E-state index in [0.717, 1.165) is 28.4 Å². The molecule has 0 aliphatic carbocycles. The number of hydrogen-bond donors (Lipinski definition) is 2. The van der Waals surface area contributed by atoms with E-state index in [2.05, 4.69) is 26.8 Å². The van der Waals surface area contributed by atoms with Crippen molar-refractivity contribution in [1.82, 2.24) is 24.5 Å². The first kappa shape index (κ1) is 32.1. The van der Waals surface area contributed by atoms with Gasteiger partial charge in [-0.1, -0.05) is 43.0 Å². The Morgan fingerprint density at radius 3 is 2.30 bits per heavy atom. The van der Waals surface area contributed by atoms with Crippen molar-refractivity contribution >= 4 is 22.6 Å². The van der Waals surface area contributed by atoms with Gasteiger partial charge in [-0.25, -0.2) is 15.0 Å². The molecule has 234 valence electrons. The third kappa shape index (κ3) is 7.67. The summed E-state index contributed by atoms with van der Waals surface area (Å²) in [5.41, 5.74) is 15.0. The van der Waals surface area contributed by atoms with Crippen LogP contribution >= 0.6 is 0 Å². The summed E-state index contributed by atoms with van der Waals surface area (Å²) in [6, 6.07) is 26.2. The minimum atomic E-state index is -0.698. The van der Waals surface area contributed by atoms with E-state index in [-0.39, 0.29) is 23.2 Å². The minimum Gasteiger partial charge on any atom is -0.491 e. The molecule has 3 aromatic heterocycles. The number of rotatable bonds is 6. The maximum absolute atomic E-state index is 13.4. The zero-order valence-corrected chi connectivity index (χ0v) is 26.2. The Kier molecular flexibility index (Phi) is 9.98. The Bertz CT molecular complexity index is 2140. The topological polar surface area (TPSA) is 152 Å². The summed E-state index contributed by atoms with van der Waals surface area (Å²) in [4.78, 5) is 41.4. The number of primary amides is 1. The van der Waals surface area contributed by atoms with Gasteiger partial charge in [-0.15, -0.1) is 0 Å². The molecular weight excluding hydrogens is 590 g/mol. The third-order valence-corrected chi connectivity index (χ3v) is 6.88. The molecule has 4 N–H and O–H groups in total. The van der Waals surface area contributed by atoms with Gasteiger partial charge in [0.05, 0.1) is 34.6 Å². The molecule has 3 aromatic carbocycles. The summed E-state index contributed by atoms with van der Waals surface area (Å²) in [6.07, 6.45) is 5.67. The van der Waals surface area contributed by atoms with Crippen molar-refractivity contribution in [2.24, 2.45) is 5.73 Å². The molecule has 6 rings (SSSR count). The fraction of sp³-hybridized carbons (Fsp3) is 0.135. The van der Waals surface area contributed by atoms with E-state index in [1.165, 1.54) is 6.20 Å². The fourth-order valence-electron chi connectivity index (χ4n) is 4.73. The van der Waals surface area contributed by atoms with Crippen LogP contribution in [0.1, 0.15) is 48.2 Å². The van der Waals surface area contributed by atoms with Gasteiger partial charge in [0.1, 0.15) is 11.6 Å². The van der Waals surface area contributed by atoms with Crippen LogP contribution in [-0.4, -0.2) is 36.5 Å². The van der Waals surface area contributed by atoms with Crippen molar-refractivity contribution < 1.29 is 9.53 Å². The first-order chi connectivity index (χ1) is 22.7. The van der Waals surface area contributed by atoms with E-state index < -0.39 is 5.91 Å². The smallest absolute Gasteiger partial charge is 0.271 e. The van der Waals surface area contributed by atoms with E-state index >= 15 is 0 Å². The molecule has 0 spiro atoms. The Balaban J connectivity index is 0.000000194. The number of fused-ring (bicyclic) bond motifs is 1. The third-order valence-electron chi connectivity index (χ3n) is 6.88. The highest BCUT2D eigenvalue weighted by molar-refractivity contribution is 5.95. The summed E-state index contributed by atoms with van der Waals surface area (Å²) in [5.74, 6) is 7.06. The number of nitrogen functional groups attached to an aromatic ring is 1. The van der Waals surface area contributed by atoms with Crippen LogP contribution < -0.4 is 21.8 Å². The molecule has 10 heteroatoms. The van der Waals surface area contributed by atoms with Gasteiger partial charge in [0.2, 0.25) is 0 Å². The molecule has 0 unspecified atom stereocenters. The lowest BCUT2D eigenvalue weighted by Crippen LogP contribution is -2.24. The number of aryl methyl sites for hydroxylation is 1. The molecule has 0 bridgehead atoms. The van der Waals surface area contributed by atoms with Crippen molar-refractivity contribution in [1.29, 1.82) is 0 Å². The molecule has 0 saturated carbocycles. The van der Waals surface area contributed by atoms with Crippen LogP contribution in [0.25, 0.3) is 27.8 Å². The number of hydrogen-bond acceptors (Lipinski definition) is 8. The number of ether oxygens (including phenoxy) is 1. The number of nitrogens with zero attached hydrogens (tertiary/aromatic N) is 5. The number of nitrogens with two attached hydrogens (primary N) is 2. The van der Waals surface area contributed by atoms with E-state index in [4.69, 9.17) is 21.2 Å². The number of amides is 1. The van der Waals surface area contributed by atoms with Gasteiger partial charge in [-0.2, -0.15) is 0 Å². The predicted octanol–water partition coefficient (Wildman–Crippen LogP) is 5.35. The van der Waals surface area contributed by atoms with Crippen molar-refractivity contribution in [2.75, 3.05) is 5.73 Å². The second-order valence-corrected chi connectivity index (χ2v) is 10.6. The van der Waals surface area contributed by atoms with Crippen molar-refractivity contribution in [3.05, 3.63) is 137 Å². The Labute approximate surface area is 272 Å². The largest absolute Gasteiger partial charge is 0.491 e. The fourth-order valence-corrected chi connectivity index (χ4v) is 4.73. The number of carbonyl (C=O) groups excluding carboxylic acids is 1. The van der Waals surface area contributed by atoms with Crippen molar-refractivity contribution in [3.63, 3.8) is 0 Å². The molecule has 0 aliphatic heterocycles. The molecule has 3 heterocycles. The highest BCUT2D eigenvalue weighted by Gasteiger charge is 2.14. The number of pyridine rings is 1. The quantitative estimate of drug-likeness (QED) is 0.236. The number of benzene rings is 3. The Morgan fingerprint density at radius 1 is 0.915 bits per heavy atom. The van der Waals surface area contributed by atoms with Gasteiger partial charge in [-0.05, 0) is 74.5 Å². The number of para-hydroxylation sites is 1. The van der Waals surface area contributed by atoms with Crippen LogP contribution in [0.3, 0.4) is 0 Å². The van der Waals surface area contributed by atoms with Gasteiger partial charge >= 0.3 is 0 Å². The standard InChI is InChI=1S/C23H17N3O.C14H16N4O2/c1-2-21-25-20-10-6-7-18(12-11-17-13-15-24-16-14-17)22(20)23(27)26(21)19-8-4-3-5-9-19;1-8(2)20-10-5-3-9(4-6-10)11-7-17-13(15)12(18-11)14(16)19/h3-10,13-16H,2H2,1H3;3-8H,1-2H3,(H2,15,17)(H2,16,19). The molecule has 1 amide bonds. The lowest BCUT2D eigenvalue weighted by molar-refractivity contribution is 0.0996. The summed E-state index contributed by atoms with van der Waals surface area (Å²) in [5, 5.41) is 0.542. The van der Waals surface area contributed by atoms with Crippen LogP contribution in [0.15, 0.2) is 108 Å². The van der Waals surface area contributed by atoms with Crippen LogP contribution in [0.5, 0.6) is 5.75 Å². The van der Waals surface area contributed by atoms with Gasteiger partial charge in [0, 0.05) is 35.5 Å². The maximum Gasteiger partial charge on any atom is 0.271 e. The minimum absolute atomic E-state index is 0.0231. The summed E-state index contributed by atoms with van der Waals surface area (Å²) in [7, 11) is 0. The first-order valence-electron chi connectivity index (χ1n) is 15.0. The van der Waals surface area contributed by atoms with Crippen LogP contribution in [0.2, 0.25) is 0 Å². The summed E-state index contributed by atoms with van der Waals surface area (Å²) in [6.45, 7) is 5.91. The second kappa shape index (κ2) is 14.6. The zero-order chi connectivity index (χ0) is 33.3. The first-order valence-corrected chi connectivity index (χ1v) is 15.0. The zero-order valence-electron chi connectivity index (χ0n) is 26.2. The van der Waals surface area contributed by atoms with E-state index in [1.54, 1.807) is 17.0 Å². The molecule has 0 fully saturated rings. The molecular formula is C37H33N7O3. The monoisotopic (exact) mass is 623 g/mol. The highest BCUT2D eigenvalue weighted by Crippen LogP contribution is 2.22. The Hall–Kier alpha value is -6.34. The van der Waals surface area contributed by atoms with Gasteiger partial charge < -0.3 is 16.2 Å². The highest BCUT2D eigenvalue weighted by atomic mass is 16.5. The average Bonchev–Trinajstić information content (AvgIpc) is 3.08. The molecule has 10 nitrogen and oxygen atoms in total. The number of aromatic nitrogens is 5. The van der Waals surface area contributed by atoms with Crippen LogP contribution in [0, 0.1) is 11.8 Å². The molecule has 47 heavy (non-hydrogen) atoms. The van der Waals surface area contributed by atoms with Crippen LogP contribution in [0.4, 0.5) is 5.82 Å². The predicted molar refractivity (Wildman–Crippen MR) is 183 cm³/mol. The van der Waals surface area contributed by atoms with Gasteiger partial charge in [0.25, 0.3) is 11.5 Å². The van der Waals surface area contributed by atoms with Crippen LogP contribution in [-0.2, 0) is 6.42 Å². The molecule has 6 aromatic rings. The average molecular weight is 624 g/mol. The molecule has 0 atom stereocenters. The van der Waals surface area contributed by atoms with E-state index in [0.29, 0.717) is 28.6 Å². The number of anilines is 1. The normalized spacial score (nSPS) is 10.5. The summed E-state index contributed by atoms with van der Waals surface area (Å²) < 4.78 is 7.24. The lowest BCUT2D eigenvalue weighted by Gasteiger charge is -2.13. The van der Waals surface area contributed by atoms with E-state index in [1.807, 2.05) is 106 Å². The lowest BCUT2D eigenvalue weighted by atomic mass is 10.1. The summed E-state index contributed by atoms with van der Waals surface area (Å²) >= 11 is 0. The molecule has 0 aliphatic rings. The Morgan fingerprint density at radius 2 is 1.64 bits per heavy atom. The van der Waals surface area contributed by atoms with E-state index in [9.17, 15) is 9.59 Å². The van der Waals surface area contributed by atoms with Crippen molar-refractivity contribution in [3.8, 4) is 34.5 Å². The molecule has 0 radical (unpaired) electrons. The SMILES string of the molecule is CC(C)Oc1ccc(-c2cnc(N)c(C(N)=O)n2)cc1.CCc1nc2cccc(C#Cc3ccncc3)c2c(=O)n1-c1ccccc1. The van der Waals surface area contributed by atoms with Gasteiger partial charge in [0.15, 0.2) is 11.5 Å².